The first kappa shape index (κ1) is 18.9. The topological polar surface area (TPSA) is 70.1 Å². The molecule has 6 nitrogen and oxygen atoms in total. The zero-order chi connectivity index (χ0) is 18.7. The van der Waals surface area contributed by atoms with Crippen LogP contribution in [0.1, 0.15) is 48.5 Å². The highest BCUT2D eigenvalue weighted by molar-refractivity contribution is 5.87. The van der Waals surface area contributed by atoms with Crippen LogP contribution in [-0.4, -0.2) is 71.7 Å². The third-order valence-electron chi connectivity index (χ3n) is 5.66. The summed E-state index contributed by atoms with van der Waals surface area (Å²) in [6, 6.07) is 7.07. The lowest BCUT2D eigenvalue weighted by Crippen LogP contribution is -2.60. The van der Waals surface area contributed by atoms with Gasteiger partial charge in [0.15, 0.2) is 0 Å². The minimum Gasteiger partial charge on any atom is -0.478 e. The van der Waals surface area contributed by atoms with Crippen LogP contribution in [0, 0.1) is 0 Å². The van der Waals surface area contributed by atoms with Gasteiger partial charge in [0.2, 0.25) is 5.91 Å². The van der Waals surface area contributed by atoms with E-state index in [1.54, 1.807) is 12.1 Å². The molecule has 0 radical (unpaired) electrons. The number of carbonyl (C=O) groups is 2. The van der Waals surface area contributed by atoms with E-state index in [1.165, 1.54) is 0 Å². The van der Waals surface area contributed by atoms with Crippen LogP contribution in [0.15, 0.2) is 24.3 Å². The molecule has 1 aromatic carbocycles. The van der Waals surface area contributed by atoms with Crippen LogP contribution >= 0.6 is 0 Å². The number of ether oxygens (including phenoxy) is 1. The molecule has 1 N–H and O–H groups in total. The molecule has 2 heterocycles. The van der Waals surface area contributed by atoms with Crippen LogP contribution < -0.4 is 0 Å². The van der Waals surface area contributed by atoms with Gasteiger partial charge < -0.3 is 14.7 Å². The SMILES string of the molecule is CC(C)(C(=O)N1CCC[C@H](c2ccc(C(=O)O)cc2)C1)N1CCOCC1. The highest BCUT2D eigenvalue weighted by Crippen LogP contribution is 2.29. The zero-order valence-electron chi connectivity index (χ0n) is 15.6. The summed E-state index contributed by atoms with van der Waals surface area (Å²) in [5.41, 5.74) is 0.876. The second-order valence-corrected chi connectivity index (χ2v) is 7.68. The van der Waals surface area contributed by atoms with Crippen molar-refractivity contribution in [3.8, 4) is 0 Å². The molecule has 2 fully saturated rings. The normalized spacial score (nSPS) is 22.2. The summed E-state index contributed by atoms with van der Waals surface area (Å²) in [6.45, 7) is 8.41. The van der Waals surface area contributed by atoms with Crippen molar-refractivity contribution in [3.05, 3.63) is 35.4 Å². The Labute approximate surface area is 154 Å². The van der Waals surface area contributed by atoms with E-state index in [-0.39, 0.29) is 11.8 Å². The zero-order valence-corrected chi connectivity index (χ0v) is 15.6. The largest absolute Gasteiger partial charge is 0.478 e. The van der Waals surface area contributed by atoms with Gasteiger partial charge in [0, 0.05) is 32.1 Å². The molecule has 6 heteroatoms. The first-order chi connectivity index (χ1) is 12.4. The molecule has 2 aliphatic heterocycles. The molecule has 0 aromatic heterocycles. The number of benzene rings is 1. The number of rotatable bonds is 4. The van der Waals surface area contributed by atoms with E-state index in [0.29, 0.717) is 25.3 Å². The van der Waals surface area contributed by atoms with E-state index in [2.05, 4.69) is 4.90 Å². The number of carboxylic acid groups (broad SMARTS) is 1. The molecule has 26 heavy (non-hydrogen) atoms. The fourth-order valence-electron chi connectivity index (χ4n) is 3.98. The van der Waals surface area contributed by atoms with E-state index < -0.39 is 11.5 Å². The molecule has 0 bridgehead atoms. The molecular formula is C20H28N2O4. The average Bonchev–Trinajstić information content (AvgIpc) is 2.68. The average molecular weight is 360 g/mol. The van der Waals surface area contributed by atoms with E-state index >= 15 is 0 Å². The van der Waals surface area contributed by atoms with Gasteiger partial charge >= 0.3 is 5.97 Å². The number of hydrogen-bond acceptors (Lipinski definition) is 4. The number of aromatic carboxylic acids is 1. The summed E-state index contributed by atoms with van der Waals surface area (Å²) in [7, 11) is 0. The van der Waals surface area contributed by atoms with Crippen LogP contribution in [0.2, 0.25) is 0 Å². The standard InChI is InChI=1S/C20H28N2O4/c1-20(2,22-10-12-26-13-11-22)19(25)21-9-3-4-17(14-21)15-5-7-16(8-6-15)18(23)24/h5-8,17H,3-4,9-14H2,1-2H3,(H,23,24)/t17-/m0/s1. The minimum atomic E-state index is -0.913. The number of carboxylic acids is 1. The Balaban J connectivity index is 1.69. The van der Waals surface area contributed by atoms with Gasteiger partial charge in [0.05, 0.1) is 24.3 Å². The number of amides is 1. The lowest BCUT2D eigenvalue weighted by molar-refractivity contribution is -0.146. The Morgan fingerprint density at radius 3 is 2.38 bits per heavy atom. The molecule has 1 amide bonds. The third-order valence-corrected chi connectivity index (χ3v) is 5.66. The summed E-state index contributed by atoms with van der Waals surface area (Å²) in [6.07, 6.45) is 1.99. The molecule has 142 valence electrons. The third kappa shape index (κ3) is 3.91. The molecule has 3 rings (SSSR count). The van der Waals surface area contributed by atoms with Gasteiger partial charge in [0.25, 0.3) is 0 Å². The lowest BCUT2D eigenvalue weighted by Gasteiger charge is -2.44. The van der Waals surface area contributed by atoms with Crippen molar-refractivity contribution >= 4 is 11.9 Å². The van der Waals surface area contributed by atoms with Crippen LogP contribution in [0.3, 0.4) is 0 Å². The molecule has 0 aliphatic carbocycles. The van der Waals surface area contributed by atoms with Crippen molar-refractivity contribution in [2.24, 2.45) is 0 Å². The van der Waals surface area contributed by atoms with Crippen molar-refractivity contribution in [1.82, 2.24) is 9.80 Å². The first-order valence-corrected chi connectivity index (χ1v) is 9.35. The fourth-order valence-corrected chi connectivity index (χ4v) is 3.98. The van der Waals surface area contributed by atoms with Crippen LogP contribution in [0.25, 0.3) is 0 Å². The molecule has 2 aliphatic rings. The van der Waals surface area contributed by atoms with E-state index in [1.807, 2.05) is 30.9 Å². The van der Waals surface area contributed by atoms with Gasteiger partial charge in [-0.15, -0.1) is 0 Å². The highest BCUT2D eigenvalue weighted by Gasteiger charge is 2.39. The summed E-state index contributed by atoms with van der Waals surface area (Å²) < 4.78 is 5.41. The summed E-state index contributed by atoms with van der Waals surface area (Å²) in [5, 5.41) is 9.05. The van der Waals surface area contributed by atoms with Crippen LogP contribution in [0.5, 0.6) is 0 Å². The predicted molar refractivity (Wildman–Crippen MR) is 98.4 cm³/mol. The lowest BCUT2D eigenvalue weighted by atomic mass is 9.88. The first-order valence-electron chi connectivity index (χ1n) is 9.35. The number of likely N-dealkylation sites (tertiary alicyclic amines) is 1. The second-order valence-electron chi connectivity index (χ2n) is 7.68. The molecule has 0 unspecified atom stereocenters. The number of morpholine rings is 1. The Bertz CT molecular complexity index is 650. The Kier molecular flexibility index (Phi) is 5.63. The van der Waals surface area contributed by atoms with Gasteiger partial charge in [0.1, 0.15) is 0 Å². The number of carbonyl (C=O) groups excluding carboxylic acids is 1. The van der Waals surface area contributed by atoms with E-state index in [4.69, 9.17) is 9.84 Å². The predicted octanol–water partition coefficient (Wildman–Crippen LogP) is 2.20. The molecule has 2 saturated heterocycles. The summed E-state index contributed by atoms with van der Waals surface area (Å²) >= 11 is 0. The van der Waals surface area contributed by atoms with E-state index in [9.17, 15) is 9.59 Å². The molecule has 0 spiro atoms. The maximum absolute atomic E-state index is 13.2. The number of piperidine rings is 1. The van der Waals surface area contributed by atoms with E-state index in [0.717, 1.165) is 38.0 Å². The maximum atomic E-state index is 13.2. The number of nitrogens with zero attached hydrogens (tertiary/aromatic N) is 2. The second kappa shape index (κ2) is 7.76. The van der Waals surface area contributed by atoms with Gasteiger partial charge in [-0.25, -0.2) is 4.79 Å². The molecule has 0 saturated carbocycles. The molecule has 1 aromatic rings. The van der Waals surface area contributed by atoms with Crippen molar-refractivity contribution in [3.63, 3.8) is 0 Å². The monoisotopic (exact) mass is 360 g/mol. The fraction of sp³-hybridized carbons (Fsp3) is 0.600. The Morgan fingerprint density at radius 1 is 1.12 bits per heavy atom. The Hall–Kier alpha value is -1.92. The van der Waals surface area contributed by atoms with Gasteiger partial charge in [-0.3, -0.25) is 9.69 Å². The summed E-state index contributed by atoms with van der Waals surface area (Å²) in [5.74, 6) is -0.480. The van der Waals surface area contributed by atoms with Crippen LogP contribution in [0.4, 0.5) is 0 Å². The Morgan fingerprint density at radius 2 is 1.77 bits per heavy atom. The summed E-state index contributed by atoms with van der Waals surface area (Å²) in [4.78, 5) is 28.4. The smallest absolute Gasteiger partial charge is 0.335 e. The van der Waals surface area contributed by atoms with Crippen molar-refractivity contribution in [2.45, 2.75) is 38.1 Å². The van der Waals surface area contributed by atoms with Gasteiger partial charge in [-0.2, -0.15) is 0 Å². The minimum absolute atomic E-state index is 0.172. The number of hydrogen-bond donors (Lipinski definition) is 1. The van der Waals surface area contributed by atoms with Crippen molar-refractivity contribution < 1.29 is 19.4 Å². The van der Waals surface area contributed by atoms with Gasteiger partial charge in [-0.05, 0) is 44.4 Å². The quantitative estimate of drug-likeness (QED) is 0.891. The molecule has 1 atom stereocenters. The van der Waals surface area contributed by atoms with Crippen molar-refractivity contribution in [2.75, 3.05) is 39.4 Å². The van der Waals surface area contributed by atoms with Crippen molar-refractivity contribution in [1.29, 1.82) is 0 Å². The van der Waals surface area contributed by atoms with Gasteiger partial charge in [-0.1, -0.05) is 12.1 Å². The van der Waals surface area contributed by atoms with Crippen LogP contribution in [-0.2, 0) is 9.53 Å². The highest BCUT2D eigenvalue weighted by atomic mass is 16.5. The maximum Gasteiger partial charge on any atom is 0.335 e. The molecular weight excluding hydrogens is 332 g/mol.